The molecule has 0 rings (SSSR count). The molecule has 0 saturated carbocycles. The zero-order chi connectivity index (χ0) is 6.41. The number of hydrogen-bond donors (Lipinski definition) is 0. The molecule has 0 aliphatic rings. The van der Waals surface area contributed by atoms with E-state index in [2.05, 4.69) is 27.9 Å². The molecule has 1 heteroatoms. The Morgan fingerprint density at radius 1 is 1.12 bits per heavy atom. The molecule has 0 heterocycles. The van der Waals surface area contributed by atoms with Gasteiger partial charge in [-0.3, -0.25) is 0 Å². The molecule has 0 nitrogen and oxygen atoms in total. The zero-order valence-electron chi connectivity index (χ0n) is 5.66. The summed E-state index contributed by atoms with van der Waals surface area (Å²) < 4.78 is 2.31. The second-order valence-electron chi connectivity index (χ2n) is 1.60. The minimum absolute atomic E-state index is 0.469. The van der Waals surface area contributed by atoms with E-state index in [4.69, 9.17) is 0 Å². The molecule has 0 unspecified atom stereocenters. The summed E-state index contributed by atoms with van der Waals surface area (Å²) in [5, 5.41) is 0. The SMILES string of the molecule is CC=CC=[CH][Ru]([CH3])[CH3]. The van der Waals surface area contributed by atoms with Gasteiger partial charge in [-0.2, -0.15) is 0 Å². The summed E-state index contributed by atoms with van der Waals surface area (Å²) in [4.78, 5) is 0. The van der Waals surface area contributed by atoms with E-state index < -0.39 is 16.0 Å². The van der Waals surface area contributed by atoms with Crippen molar-refractivity contribution < 1.29 is 16.0 Å². The Morgan fingerprint density at radius 2 is 1.75 bits per heavy atom. The van der Waals surface area contributed by atoms with Gasteiger partial charge in [0, 0.05) is 0 Å². The molecule has 8 heavy (non-hydrogen) atoms. The molecule has 0 atom stereocenters. The molecule has 0 bridgehead atoms. The van der Waals surface area contributed by atoms with E-state index >= 15 is 0 Å². The van der Waals surface area contributed by atoms with Crippen LogP contribution in [0.2, 0.25) is 11.0 Å². The molecular weight excluding hydrogens is 185 g/mol. The summed E-state index contributed by atoms with van der Waals surface area (Å²) in [5.41, 5.74) is 4.62. The van der Waals surface area contributed by atoms with E-state index in [0.29, 0.717) is 0 Å². The Bertz CT molecular complexity index is 90.6. The summed E-state index contributed by atoms with van der Waals surface area (Å²) in [6, 6.07) is 0. The monoisotopic (exact) mass is 199 g/mol. The van der Waals surface area contributed by atoms with Crippen LogP contribution < -0.4 is 0 Å². The standard InChI is InChI=1S/C5H7.2CH3.Ru/c1-3-5-4-2;;;/h1,3-5H,2H3;2*1H3;. The summed E-state index contributed by atoms with van der Waals surface area (Å²) >= 11 is -0.469. The van der Waals surface area contributed by atoms with Crippen LogP contribution in [-0.4, -0.2) is 0 Å². The average molecular weight is 198 g/mol. The van der Waals surface area contributed by atoms with Crippen molar-refractivity contribution in [2.75, 3.05) is 0 Å². The van der Waals surface area contributed by atoms with Crippen LogP contribution in [0.25, 0.3) is 0 Å². The van der Waals surface area contributed by atoms with Crippen molar-refractivity contribution >= 4 is 0 Å². The molecule has 0 fully saturated rings. The van der Waals surface area contributed by atoms with Gasteiger partial charge >= 0.3 is 56.8 Å². The Labute approximate surface area is 57.2 Å². The number of allylic oxidation sites excluding steroid dienone is 3. The van der Waals surface area contributed by atoms with Gasteiger partial charge in [0.25, 0.3) is 0 Å². The molecular formula is C7H13Ru. The first-order valence-electron chi connectivity index (χ1n) is 2.49. The van der Waals surface area contributed by atoms with Crippen LogP contribution in [0.15, 0.2) is 22.9 Å². The van der Waals surface area contributed by atoms with E-state index in [-0.39, 0.29) is 0 Å². The summed E-state index contributed by atoms with van der Waals surface area (Å²) in [5.74, 6) is 0. The van der Waals surface area contributed by atoms with E-state index in [1.165, 1.54) is 0 Å². The first kappa shape index (κ1) is 8.10. The van der Waals surface area contributed by atoms with E-state index in [0.717, 1.165) is 0 Å². The normalized spacial score (nSPS) is 13.6. The van der Waals surface area contributed by atoms with Gasteiger partial charge in [0.05, 0.1) is 0 Å². The Balaban J connectivity index is 3.34. The molecule has 49 valence electrons. The third-order valence-electron chi connectivity index (χ3n) is 0.607. The predicted octanol–water partition coefficient (Wildman–Crippen LogP) is 2.79. The Kier molecular flexibility index (Phi) is 5.31. The van der Waals surface area contributed by atoms with Crippen LogP contribution >= 0.6 is 0 Å². The van der Waals surface area contributed by atoms with E-state index in [9.17, 15) is 0 Å². The summed E-state index contributed by atoms with van der Waals surface area (Å²) in [6.45, 7) is 2.03. The molecule has 0 aromatic heterocycles. The van der Waals surface area contributed by atoms with Crippen molar-refractivity contribution in [2.45, 2.75) is 18.0 Å². The molecule has 0 N–H and O–H groups in total. The second-order valence-corrected chi connectivity index (χ2v) is 5.92. The first-order valence-corrected chi connectivity index (χ1v) is 6.97. The van der Waals surface area contributed by atoms with Gasteiger partial charge in [0.2, 0.25) is 0 Å². The maximum atomic E-state index is 2.31. The molecule has 0 aromatic rings. The van der Waals surface area contributed by atoms with Gasteiger partial charge in [-0.25, -0.2) is 0 Å². The van der Waals surface area contributed by atoms with Crippen molar-refractivity contribution in [3.05, 3.63) is 22.9 Å². The number of rotatable bonds is 2. The maximum absolute atomic E-state index is 2.31. The van der Waals surface area contributed by atoms with Gasteiger partial charge in [-0.15, -0.1) is 0 Å². The van der Waals surface area contributed by atoms with Crippen molar-refractivity contribution in [3.8, 4) is 0 Å². The average Bonchev–Trinajstić information content (AvgIpc) is 1.66. The van der Waals surface area contributed by atoms with Crippen molar-refractivity contribution in [1.82, 2.24) is 0 Å². The van der Waals surface area contributed by atoms with Gasteiger partial charge in [-0.1, -0.05) is 0 Å². The zero-order valence-corrected chi connectivity index (χ0v) is 7.40. The van der Waals surface area contributed by atoms with E-state index in [1.54, 1.807) is 0 Å². The quantitative estimate of drug-likeness (QED) is 0.473. The van der Waals surface area contributed by atoms with Crippen molar-refractivity contribution in [1.29, 1.82) is 0 Å². The minimum atomic E-state index is -0.469. The second kappa shape index (κ2) is 5.24. The van der Waals surface area contributed by atoms with Crippen molar-refractivity contribution in [2.24, 2.45) is 0 Å². The third kappa shape index (κ3) is 6.10. The van der Waals surface area contributed by atoms with Crippen LogP contribution in [0, 0.1) is 0 Å². The fourth-order valence-electron chi connectivity index (χ4n) is 0.286. The molecule has 0 spiro atoms. The van der Waals surface area contributed by atoms with Gasteiger partial charge < -0.3 is 0 Å². The van der Waals surface area contributed by atoms with Crippen LogP contribution in [-0.2, 0) is 16.0 Å². The molecule has 0 aliphatic heterocycles. The van der Waals surface area contributed by atoms with Gasteiger partial charge in [0.15, 0.2) is 0 Å². The van der Waals surface area contributed by atoms with Crippen molar-refractivity contribution in [3.63, 3.8) is 0 Å². The molecule has 0 aliphatic carbocycles. The Morgan fingerprint density at radius 3 is 2.12 bits per heavy atom. The van der Waals surface area contributed by atoms with Crippen LogP contribution in [0.3, 0.4) is 0 Å². The molecule has 0 radical (unpaired) electrons. The third-order valence-corrected chi connectivity index (χ3v) is 2.10. The summed E-state index contributed by atoms with van der Waals surface area (Å²) in [7, 11) is 0. The van der Waals surface area contributed by atoms with Gasteiger partial charge in [-0.05, 0) is 0 Å². The topological polar surface area (TPSA) is 0 Å². The predicted molar refractivity (Wildman–Crippen MR) is 35.7 cm³/mol. The van der Waals surface area contributed by atoms with Crippen LogP contribution in [0.4, 0.5) is 0 Å². The van der Waals surface area contributed by atoms with Crippen LogP contribution in [0.5, 0.6) is 0 Å². The van der Waals surface area contributed by atoms with E-state index in [1.807, 2.05) is 13.0 Å². The first-order chi connectivity index (χ1) is 3.77. The van der Waals surface area contributed by atoms with Gasteiger partial charge in [0.1, 0.15) is 0 Å². The Hall–Kier alpha value is 0.103. The molecule has 0 saturated heterocycles. The van der Waals surface area contributed by atoms with Crippen LogP contribution in [0.1, 0.15) is 6.92 Å². The molecule has 0 amide bonds. The molecule has 0 aromatic carbocycles. The fourth-order valence-corrected chi connectivity index (χ4v) is 1.15. The number of hydrogen-bond acceptors (Lipinski definition) is 0. The fraction of sp³-hybridized carbons (Fsp3) is 0.429. The summed E-state index contributed by atoms with van der Waals surface area (Å²) in [6.07, 6.45) is 6.26.